The van der Waals surface area contributed by atoms with E-state index in [1.165, 1.54) is 4.90 Å². The Kier molecular flexibility index (Phi) is 7.48. The molecular formula is C19H20BrClN2O3. The topological polar surface area (TPSA) is 58.6 Å². The first-order chi connectivity index (χ1) is 12.4. The zero-order chi connectivity index (χ0) is 19.1. The standard InChI is InChI=1S/C19H20BrClN2O3/c1-13(19(25)22-2)23(11-14-7-9-15(20)10-8-14)18(24)12-26-17-6-4-3-5-16(17)21/h3-10,13H,11-12H2,1-2H3,(H,22,25)/t13-/m1/s1. The average Bonchev–Trinajstić information content (AvgIpc) is 2.65. The number of carbonyl (C=O) groups excluding carboxylic acids is 2. The number of ether oxygens (including phenoxy) is 1. The minimum atomic E-state index is -0.633. The van der Waals surface area contributed by atoms with Crippen LogP contribution in [-0.2, 0) is 16.1 Å². The summed E-state index contributed by atoms with van der Waals surface area (Å²) in [4.78, 5) is 26.3. The van der Waals surface area contributed by atoms with Gasteiger partial charge in [-0.1, -0.05) is 51.8 Å². The maximum atomic E-state index is 12.7. The van der Waals surface area contributed by atoms with Gasteiger partial charge in [0.25, 0.3) is 5.91 Å². The highest BCUT2D eigenvalue weighted by molar-refractivity contribution is 9.10. The van der Waals surface area contributed by atoms with Gasteiger partial charge in [-0.25, -0.2) is 0 Å². The third-order valence-electron chi connectivity index (χ3n) is 3.87. The molecule has 0 heterocycles. The second kappa shape index (κ2) is 9.59. The van der Waals surface area contributed by atoms with Crippen molar-refractivity contribution in [1.82, 2.24) is 10.2 Å². The average molecular weight is 440 g/mol. The SMILES string of the molecule is CNC(=O)[C@@H](C)N(Cc1ccc(Br)cc1)C(=O)COc1ccccc1Cl. The Balaban J connectivity index is 2.13. The fourth-order valence-corrected chi connectivity index (χ4v) is 2.82. The van der Waals surface area contributed by atoms with Gasteiger partial charge in [0.05, 0.1) is 5.02 Å². The first-order valence-corrected chi connectivity index (χ1v) is 9.22. The van der Waals surface area contributed by atoms with Crippen molar-refractivity contribution in [2.45, 2.75) is 19.5 Å². The van der Waals surface area contributed by atoms with Crippen LogP contribution in [0.25, 0.3) is 0 Å². The smallest absolute Gasteiger partial charge is 0.261 e. The Morgan fingerprint density at radius 2 is 1.85 bits per heavy atom. The zero-order valence-electron chi connectivity index (χ0n) is 14.5. The quantitative estimate of drug-likeness (QED) is 0.716. The minimum Gasteiger partial charge on any atom is -0.482 e. The predicted octanol–water partition coefficient (Wildman–Crippen LogP) is 3.64. The van der Waals surface area contributed by atoms with Crippen molar-refractivity contribution in [3.05, 3.63) is 63.6 Å². The summed E-state index contributed by atoms with van der Waals surface area (Å²) in [7, 11) is 1.54. The molecule has 2 aromatic carbocycles. The molecule has 0 aliphatic rings. The lowest BCUT2D eigenvalue weighted by atomic mass is 10.1. The van der Waals surface area contributed by atoms with Crippen LogP contribution in [-0.4, -0.2) is 36.4 Å². The van der Waals surface area contributed by atoms with Gasteiger partial charge in [-0.05, 0) is 36.8 Å². The lowest BCUT2D eigenvalue weighted by Gasteiger charge is -2.28. The van der Waals surface area contributed by atoms with Gasteiger partial charge in [-0.3, -0.25) is 9.59 Å². The molecule has 0 saturated heterocycles. The number of nitrogens with zero attached hydrogens (tertiary/aromatic N) is 1. The zero-order valence-corrected chi connectivity index (χ0v) is 16.9. The number of hydrogen-bond donors (Lipinski definition) is 1. The molecule has 0 spiro atoms. The minimum absolute atomic E-state index is 0.207. The van der Waals surface area contributed by atoms with Crippen molar-refractivity contribution in [3.63, 3.8) is 0 Å². The van der Waals surface area contributed by atoms with Gasteiger partial charge in [0.15, 0.2) is 6.61 Å². The van der Waals surface area contributed by atoms with Gasteiger partial charge in [-0.2, -0.15) is 0 Å². The summed E-state index contributed by atoms with van der Waals surface area (Å²) in [5.74, 6) is -0.115. The lowest BCUT2D eigenvalue weighted by molar-refractivity contribution is -0.142. The van der Waals surface area contributed by atoms with Crippen LogP contribution in [0.15, 0.2) is 53.0 Å². The summed E-state index contributed by atoms with van der Waals surface area (Å²) < 4.78 is 6.48. The molecule has 0 unspecified atom stereocenters. The van der Waals surface area contributed by atoms with E-state index >= 15 is 0 Å². The summed E-state index contributed by atoms with van der Waals surface area (Å²) in [6, 6.07) is 13.9. The van der Waals surface area contributed by atoms with Crippen molar-refractivity contribution in [2.75, 3.05) is 13.7 Å². The van der Waals surface area contributed by atoms with E-state index in [1.54, 1.807) is 38.2 Å². The summed E-state index contributed by atoms with van der Waals surface area (Å²) >= 11 is 9.43. The summed E-state index contributed by atoms with van der Waals surface area (Å²) in [6.45, 7) is 1.78. The van der Waals surface area contributed by atoms with Crippen LogP contribution in [0.3, 0.4) is 0 Å². The number of hydrogen-bond acceptors (Lipinski definition) is 3. The number of para-hydroxylation sites is 1. The maximum absolute atomic E-state index is 12.7. The van der Waals surface area contributed by atoms with E-state index in [1.807, 2.05) is 24.3 Å². The van der Waals surface area contributed by atoms with Crippen LogP contribution >= 0.6 is 27.5 Å². The van der Waals surface area contributed by atoms with Crippen molar-refractivity contribution in [1.29, 1.82) is 0 Å². The monoisotopic (exact) mass is 438 g/mol. The van der Waals surface area contributed by atoms with Gasteiger partial charge in [0, 0.05) is 18.1 Å². The van der Waals surface area contributed by atoms with Crippen LogP contribution in [0, 0.1) is 0 Å². The van der Waals surface area contributed by atoms with Crippen molar-refractivity contribution < 1.29 is 14.3 Å². The van der Waals surface area contributed by atoms with E-state index in [4.69, 9.17) is 16.3 Å². The second-order valence-electron chi connectivity index (χ2n) is 5.66. The highest BCUT2D eigenvalue weighted by Gasteiger charge is 2.26. The van der Waals surface area contributed by atoms with Crippen molar-refractivity contribution >= 4 is 39.3 Å². The molecule has 2 aromatic rings. The molecule has 1 N–H and O–H groups in total. The van der Waals surface area contributed by atoms with E-state index in [9.17, 15) is 9.59 Å². The Labute approximate surface area is 166 Å². The first-order valence-electron chi connectivity index (χ1n) is 8.05. The number of benzene rings is 2. The van der Waals surface area contributed by atoms with Crippen LogP contribution in [0.1, 0.15) is 12.5 Å². The van der Waals surface area contributed by atoms with Gasteiger partial charge in [0.2, 0.25) is 5.91 Å². The molecule has 1 atom stereocenters. The van der Waals surface area contributed by atoms with E-state index in [0.29, 0.717) is 17.3 Å². The fraction of sp³-hybridized carbons (Fsp3) is 0.263. The van der Waals surface area contributed by atoms with Crippen molar-refractivity contribution in [2.24, 2.45) is 0 Å². The molecule has 0 fully saturated rings. The molecule has 7 heteroatoms. The molecule has 5 nitrogen and oxygen atoms in total. The molecule has 0 aromatic heterocycles. The summed E-state index contributed by atoms with van der Waals surface area (Å²) in [5, 5.41) is 3.01. The summed E-state index contributed by atoms with van der Waals surface area (Å²) in [5.41, 5.74) is 0.912. The molecule has 2 rings (SSSR count). The Hall–Kier alpha value is -2.05. The number of nitrogens with one attached hydrogen (secondary N) is 1. The highest BCUT2D eigenvalue weighted by atomic mass is 79.9. The third kappa shape index (κ3) is 5.47. The number of halogens is 2. The molecule has 2 amide bonds. The number of carbonyl (C=O) groups is 2. The molecule has 0 bridgehead atoms. The number of amides is 2. The molecule has 0 aliphatic carbocycles. The van der Waals surface area contributed by atoms with Crippen LogP contribution in [0.2, 0.25) is 5.02 Å². The van der Waals surface area contributed by atoms with Crippen LogP contribution < -0.4 is 10.1 Å². The third-order valence-corrected chi connectivity index (χ3v) is 4.71. The van der Waals surface area contributed by atoms with Gasteiger partial charge < -0.3 is 15.0 Å². The molecular weight excluding hydrogens is 420 g/mol. The summed E-state index contributed by atoms with van der Waals surface area (Å²) in [6.07, 6.45) is 0. The molecule has 0 radical (unpaired) electrons. The Morgan fingerprint density at radius 3 is 2.46 bits per heavy atom. The predicted molar refractivity (Wildman–Crippen MR) is 105 cm³/mol. The Morgan fingerprint density at radius 1 is 1.19 bits per heavy atom. The van der Waals surface area contributed by atoms with Crippen LogP contribution in [0.4, 0.5) is 0 Å². The van der Waals surface area contributed by atoms with E-state index in [-0.39, 0.29) is 18.4 Å². The lowest BCUT2D eigenvalue weighted by Crippen LogP contribution is -2.48. The molecule has 0 aliphatic heterocycles. The number of likely N-dealkylation sites (N-methyl/N-ethyl adjacent to an activating group) is 1. The number of rotatable bonds is 7. The normalized spacial score (nSPS) is 11.5. The van der Waals surface area contributed by atoms with Crippen LogP contribution in [0.5, 0.6) is 5.75 Å². The van der Waals surface area contributed by atoms with Gasteiger partial charge >= 0.3 is 0 Å². The molecule has 0 saturated carbocycles. The molecule has 26 heavy (non-hydrogen) atoms. The van der Waals surface area contributed by atoms with Gasteiger partial charge in [-0.15, -0.1) is 0 Å². The Bertz CT molecular complexity index is 768. The first kappa shape index (κ1) is 20.3. The largest absolute Gasteiger partial charge is 0.482 e. The van der Waals surface area contributed by atoms with E-state index in [2.05, 4.69) is 21.2 Å². The van der Waals surface area contributed by atoms with E-state index < -0.39 is 6.04 Å². The van der Waals surface area contributed by atoms with Crippen molar-refractivity contribution in [3.8, 4) is 5.75 Å². The highest BCUT2D eigenvalue weighted by Crippen LogP contribution is 2.23. The maximum Gasteiger partial charge on any atom is 0.261 e. The second-order valence-corrected chi connectivity index (χ2v) is 6.98. The fourth-order valence-electron chi connectivity index (χ4n) is 2.36. The van der Waals surface area contributed by atoms with Gasteiger partial charge in [0.1, 0.15) is 11.8 Å². The molecule has 138 valence electrons. The van der Waals surface area contributed by atoms with E-state index in [0.717, 1.165) is 10.0 Å².